The third-order valence-corrected chi connectivity index (χ3v) is 3.58. The van der Waals surface area contributed by atoms with Crippen molar-refractivity contribution >= 4 is 0 Å². The zero-order valence-electron chi connectivity index (χ0n) is 12.3. The van der Waals surface area contributed by atoms with Gasteiger partial charge in [-0.1, -0.05) is 61.4 Å². The molecular formula is C18H26. The standard InChI is InChI=1S/C18H26/c1-5-15(6-2)12-17-10-9-11-18(14-17)13-16(7-3)8-4/h5,7,9-11,14H,6,8,12-13H2,1-4H3/b15-5-,16-7+. The highest BCUT2D eigenvalue weighted by Gasteiger charge is 2.01. The lowest BCUT2D eigenvalue weighted by molar-refractivity contribution is 0.977. The van der Waals surface area contributed by atoms with Crippen molar-refractivity contribution in [2.45, 2.75) is 53.4 Å². The van der Waals surface area contributed by atoms with Crippen molar-refractivity contribution in [1.29, 1.82) is 0 Å². The minimum Gasteiger partial charge on any atom is -0.0881 e. The molecule has 0 unspecified atom stereocenters. The van der Waals surface area contributed by atoms with Crippen LogP contribution in [0.15, 0.2) is 47.6 Å². The van der Waals surface area contributed by atoms with Gasteiger partial charge in [-0.15, -0.1) is 0 Å². The van der Waals surface area contributed by atoms with E-state index >= 15 is 0 Å². The van der Waals surface area contributed by atoms with Crippen LogP contribution in [-0.2, 0) is 12.8 Å². The molecule has 0 aromatic heterocycles. The summed E-state index contributed by atoms with van der Waals surface area (Å²) in [5, 5.41) is 0. The zero-order chi connectivity index (χ0) is 13.4. The molecule has 0 spiro atoms. The van der Waals surface area contributed by atoms with E-state index in [-0.39, 0.29) is 0 Å². The molecule has 1 rings (SSSR count). The van der Waals surface area contributed by atoms with E-state index < -0.39 is 0 Å². The maximum Gasteiger partial charge on any atom is -0.00672 e. The van der Waals surface area contributed by atoms with Crippen molar-refractivity contribution in [2.24, 2.45) is 0 Å². The van der Waals surface area contributed by atoms with E-state index in [1.54, 1.807) is 0 Å². The first-order chi connectivity index (χ1) is 8.73. The normalized spacial score (nSPS) is 12.9. The second-order valence-corrected chi connectivity index (χ2v) is 4.77. The van der Waals surface area contributed by atoms with Gasteiger partial charge in [-0.3, -0.25) is 0 Å². The van der Waals surface area contributed by atoms with E-state index in [1.807, 2.05) is 0 Å². The van der Waals surface area contributed by atoms with Crippen molar-refractivity contribution in [3.05, 3.63) is 58.7 Å². The van der Waals surface area contributed by atoms with Crippen LogP contribution in [0, 0.1) is 0 Å². The van der Waals surface area contributed by atoms with Gasteiger partial charge in [0, 0.05) is 0 Å². The van der Waals surface area contributed by atoms with Crippen LogP contribution in [0.2, 0.25) is 0 Å². The molecule has 98 valence electrons. The molecule has 0 heterocycles. The molecule has 0 amide bonds. The van der Waals surface area contributed by atoms with Crippen molar-refractivity contribution in [2.75, 3.05) is 0 Å². The fraction of sp³-hybridized carbons (Fsp3) is 0.444. The highest BCUT2D eigenvalue weighted by molar-refractivity contribution is 5.30. The van der Waals surface area contributed by atoms with Crippen LogP contribution in [0.1, 0.15) is 51.7 Å². The van der Waals surface area contributed by atoms with Crippen LogP contribution in [-0.4, -0.2) is 0 Å². The van der Waals surface area contributed by atoms with Crippen LogP contribution >= 0.6 is 0 Å². The molecule has 0 bridgehead atoms. The van der Waals surface area contributed by atoms with Crippen LogP contribution in [0.25, 0.3) is 0 Å². The molecule has 0 heteroatoms. The third-order valence-electron chi connectivity index (χ3n) is 3.58. The van der Waals surface area contributed by atoms with E-state index in [0.29, 0.717) is 0 Å². The summed E-state index contributed by atoms with van der Waals surface area (Å²) in [6.07, 6.45) is 8.98. The Morgan fingerprint density at radius 2 is 1.33 bits per heavy atom. The fourth-order valence-corrected chi connectivity index (χ4v) is 2.24. The maximum atomic E-state index is 2.36. The Kier molecular flexibility index (Phi) is 6.49. The van der Waals surface area contributed by atoms with Crippen molar-refractivity contribution in [1.82, 2.24) is 0 Å². The molecule has 0 radical (unpaired) electrons. The van der Waals surface area contributed by atoms with Gasteiger partial charge in [0.05, 0.1) is 0 Å². The summed E-state index contributed by atoms with van der Waals surface area (Å²) in [6, 6.07) is 9.03. The highest BCUT2D eigenvalue weighted by atomic mass is 14.1. The lowest BCUT2D eigenvalue weighted by Crippen LogP contribution is -1.94. The largest absolute Gasteiger partial charge is 0.0881 e. The maximum absolute atomic E-state index is 2.36. The number of benzene rings is 1. The van der Waals surface area contributed by atoms with E-state index in [0.717, 1.165) is 25.7 Å². The summed E-state index contributed by atoms with van der Waals surface area (Å²) >= 11 is 0. The van der Waals surface area contributed by atoms with Gasteiger partial charge in [0.15, 0.2) is 0 Å². The number of allylic oxidation sites excluding steroid dienone is 4. The Labute approximate surface area is 112 Å². The average Bonchev–Trinajstić information content (AvgIpc) is 2.42. The van der Waals surface area contributed by atoms with E-state index in [9.17, 15) is 0 Å². The minimum atomic E-state index is 1.10. The summed E-state index contributed by atoms with van der Waals surface area (Å²) < 4.78 is 0. The highest BCUT2D eigenvalue weighted by Crippen LogP contribution is 2.16. The molecule has 0 saturated heterocycles. The summed E-state index contributed by atoms with van der Waals surface area (Å²) in [5.41, 5.74) is 5.92. The fourth-order valence-electron chi connectivity index (χ4n) is 2.24. The number of hydrogen-bond donors (Lipinski definition) is 0. The lowest BCUT2D eigenvalue weighted by Gasteiger charge is -2.08. The Hall–Kier alpha value is -1.30. The van der Waals surface area contributed by atoms with E-state index in [1.165, 1.54) is 22.3 Å². The van der Waals surface area contributed by atoms with Crippen LogP contribution in [0.3, 0.4) is 0 Å². The molecule has 0 aliphatic rings. The molecule has 0 aliphatic carbocycles. The van der Waals surface area contributed by atoms with Gasteiger partial charge in [0.25, 0.3) is 0 Å². The van der Waals surface area contributed by atoms with Crippen molar-refractivity contribution in [3.8, 4) is 0 Å². The Balaban J connectivity index is 2.79. The van der Waals surface area contributed by atoms with Crippen LogP contribution in [0.4, 0.5) is 0 Å². The second kappa shape index (κ2) is 7.92. The predicted molar refractivity (Wildman–Crippen MR) is 81.9 cm³/mol. The topological polar surface area (TPSA) is 0 Å². The minimum absolute atomic E-state index is 1.10. The van der Waals surface area contributed by atoms with Crippen molar-refractivity contribution in [3.63, 3.8) is 0 Å². The average molecular weight is 242 g/mol. The summed E-state index contributed by atoms with van der Waals surface area (Å²) in [4.78, 5) is 0. The first-order valence-electron chi connectivity index (χ1n) is 7.09. The Morgan fingerprint density at radius 3 is 1.67 bits per heavy atom. The van der Waals surface area contributed by atoms with Gasteiger partial charge in [-0.05, 0) is 50.7 Å². The molecule has 0 aliphatic heterocycles. The SMILES string of the molecule is C/C=C(/CC)Cc1cccc(C/C(=C/C)CC)c1. The summed E-state index contributed by atoms with van der Waals surface area (Å²) in [5.74, 6) is 0. The molecule has 1 aromatic carbocycles. The number of hydrogen-bond acceptors (Lipinski definition) is 0. The molecule has 0 atom stereocenters. The molecule has 0 nitrogen and oxygen atoms in total. The quantitative estimate of drug-likeness (QED) is 0.579. The molecular weight excluding hydrogens is 216 g/mol. The first kappa shape index (κ1) is 14.8. The van der Waals surface area contributed by atoms with E-state index in [2.05, 4.69) is 64.1 Å². The van der Waals surface area contributed by atoms with Gasteiger partial charge in [-0.25, -0.2) is 0 Å². The Morgan fingerprint density at radius 1 is 0.889 bits per heavy atom. The van der Waals surface area contributed by atoms with Crippen molar-refractivity contribution < 1.29 is 0 Å². The summed E-state index contributed by atoms with van der Waals surface area (Å²) in [6.45, 7) is 8.73. The Bertz CT molecular complexity index is 384. The molecule has 0 N–H and O–H groups in total. The zero-order valence-corrected chi connectivity index (χ0v) is 12.3. The first-order valence-corrected chi connectivity index (χ1v) is 7.09. The third kappa shape index (κ3) is 4.52. The second-order valence-electron chi connectivity index (χ2n) is 4.77. The van der Waals surface area contributed by atoms with E-state index in [4.69, 9.17) is 0 Å². The van der Waals surface area contributed by atoms with Crippen LogP contribution in [0.5, 0.6) is 0 Å². The predicted octanol–water partition coefficient (Wildman–Crippen LogP) is 5.48. The summed E-state index contributed by atoms with van der Waals surface area (Å²) in [7, 11) is 0. The van der Waals surface area contributed by atoms with Gasteiger partial charge in [0.2, 0.25) is 0 Å². The number of rotatable bonds is 6. The van der Waals surface area contributed by atoms with Crippen LogP contribution < -0.4 is 0 Å². The molecule has 0 saturated carbocycles. The molecule has 1 aromatic rings. The van der Waals surface area contributed by atoms with Gasteiger partial charge < -0.3 is 0 Å². The molecule has 0 fully saturated rings. The van der Waals surface area contributed by atoms with Gasteiger partial charge in [0.1, 0.15) is 0 Å². The smallest absolute Gasteiger partial charge is 0.00672 e. The molecule has 18 heavy (non-hydrogen) atoms. The monoisotopic (exact) mass is 242 g/mol. The lowest BCUT2D eigenvalue weighted by atomic mass is 9.97. The van der Waals surface area contributed by atoms with Gasteiger partial charge >= 0.3 is 0 Å². The van der Waals surface area contributed by atoms with Gasteiger partial charge in [-0.2, -0.15) is 0 Å².